The second kappa shape index (κ2) is 9.89. The standard InChI is InChI=1S/C18H18Cl2N2O4/c1-25-15-8-3-2-6-13(15)21-10-9-17(24)26-11-16(23)22-14-7-4-5-12(19)18(14)20/h2-8,21H,9-11H2,1H3,(H,22,23). The van der Waals surface area contributed by atoms with Crippen LogP contribution in [0.2, 0.25) is 10.0 Å². The third kappa shape index (κ3) is 5.82. The first-order chi connectivity index (χ1) is 12.5. The molecule has 0 heterocycles. The number of hydrogen-bond donors (Lipinski definition) is 2. The van der Waals surface area contributed by atoms with Gasteiger partial charge >= 0.3 is 5.97 Å². The molecule has 0 aliphatic heterocycles. The van der Waals surface area contributed by atoms with Crippen LogP contribution in [0, 0.1) is 0 Å². The molecule has 0 radical (unpaired) electrons. The van der Waals surface area contributed by atoms with Crippen LogP contribution in [0.25, 0.3) is 0 Å². The summed E-state index contributed by atoms with van der Waals surface area (Å²) in [7, 11) is 1.57. The zero-order valence-corrected chi connectivity index (χ0v) is 15.6. The van der Waals surface area contributed by atoms with Gasteiger partial charge < -0.3 is 20.1 Å². The molecular formula is C18H18Cl2N2O4. The van der Waals surface area contributed by atoms with Crippen LogP contribution < -0.4 is 15.4 Å². The quantitative estimate of drug-likeness (QED) is 0.659. The lowest BCUT2D eigenvalue weighted by atomic mass is 10.3. The van der Waals surface area contributed by atoms with E-state index in [1.165, 1.54) is 0 Å². The summed E-state index contributed by atoms with van der Waals surface area (Å²) < 4.78 is 10.1. The van der Waals surface area contributed by atoms with Crippen LogP contribution in [0.15, 0.2) is 42.5 Å². The van der Waals surface area contributed by atoms with E-state index in [1.807, 2.05) is 24.3 Å². The first-order valence-electron chi connectivity index (χ1n) is 7.77. The molecule has 1 amide bonds. The van der Waals surface area contributed by atoms with Crippen LogP contribution >= 0.6 is 23.2 Å². The molecule has 2 aromatic rings. The van der Waals surface area contributed by atoms with Crippen LogP contribution in [-0.4, -0.2) is 32.1 Å². The van der Waals surface area contributed by atoms with Gasteiger partial charge in [0, 0.05) is 6.54 Å². The highest BCUT2D eigenvalue weighted by Crippen LogP contribution is 2.29. The highest BCUT2D eigenvalue weighted by molar-refractivity contribution is 6.44. The summed E-state index contributed by atoms with van der Waals surface area (Å²) in [5.74, 6) is -0.321. The molecule has 138 valence electrons. The van der Waals surface area contributed by atoms with E-state index in [1.54, 1.807) is 25.3 Å². The summed E-state index contributed by atoms with van der Waals surface area (Å²) in [6.07, 6.45) is 0.100. The Kier molecular flexibility index (Phi) is 7.56. The Morgan fingerprint density at radius 3 is 2.54 bits per heavy atom. The molecule has 2 N–H and O–H groups in total. The molecule has 0 aliphatic carbocycles. The number of ether oxygens (including phenoxy) is 2. The van der Waals surface area contributed by atoms with E-state index in [4.69, 9.17) is 32.7 Å². The number of halogens is 2. The maximum atomic E-state index is 11.8. The van der Waals surface area contributed by atoms with Crippen molar-refractivity contribution >= 4 is 46.5 Å². The van der Waals surface area contributed by atoms with E-state index in [-0.39, 0.29) is 11.4 Å². The van der Waals surface area contributed by atoms with Crippen LogP contribution in [0.1, 0.15) is 6.42 Å². The molecule has 2 aromatic carbocycles. The van der Waals surface area contributed by atoms with E-state index in [0.717, 1.165) is 5.69 Å². The number of esters is 1. The van der Waals surface area contributed by atoms with Crippen LogP contribution in [0.4, 0.5) is 11.4 Å². The molecule has 0 saturated heterocycles. The molecule has 0 unspecified atom stereocenters. The number of rotatable bonds is 8. The minimum Gasteiger partial charge on any atom is -0.495 e. The molecule has 0 saturated carbocycles. The van der Waals surface area contributed by atoms with E-state index >= 15 is 0 Å². The van der Waals surface area contributed by atoms with Crippen LogP contribution in [0.3, 0.4) is 0 Å². The number of nitrogens with one attached hydrogen (secondary N) is 2. The molecule has 0 fully saturated rings. The summed E-state index contributed by atoms with van der Waals surface area (Å²) in [5, 5.41) is 6.17. The Labute approximate surface area is 161 Å². The fraction of sp³-hybridized carbons (Fsp3) is 0.222. The normalized spacial score (nSPS) is 10.1. The van der Waals surface area contributed by atoms with Gasteiger partial charge in [0.25, 0.3) is 5.91 Å². The summed E-state index contributed by atoms with van der Waals surface area (Å²) >= 11 is 11.8. The van der Waals surface area contributed by atoms with E-state index in [2.05, 4.69) is 10.6 Å². The maximum absolute atomic E-state index is 11.8. The predicted molar refractivity (Wildman–Crippen MR) is 102 cm³/mol. The molecular weight excluding hydrogens is 379 g/mol. The number of anilines is 2. The predicted octanol–water partition coefficient (Wildman–Crippen LogP) is 3.99. The lowest BCUT2D eigenvalue weighted by molar-refractivity contribution is -0.147. The third-order valence-corrected chi connectivity index (χ3v) is 4.16. The van der Waals surface area contributed by atoms with Gasteiger partial charge in [0.1, 0.15) is 5.75 Å². The van der Waals surface area contributed by atoms with Crippen molar-refractivity contribution in [2.45, 2.75) is 6.42 Å². The van der Waals surface area contributed by atoms with Crippen LogP contribution in [-0.2, 0) is 14.3 Å². The van der Waals surface area contributed by atoms with Gasteiger partial charge in [-0.2, -0.15) is 0 Å². The zero-order valence-electron chi connectivity index (χ0n) is 14.1. The van der Waals surface area contributed by atoms with Gasteiger partial charge in [0.05, 0.1) is 35.0 Å². The van der Waals surface area contributed by atoms with Gasteiger partial charge in [-0.1, -0.05) is 41.4 Å². The molecule has 0 aliphatic rings. The number of benzene rings is 2. The molecule has 2 rings (SSSR count). The number of amides is 1. The average Bonchev–Trinajstić information content (AvgIpc) is 2.64. The van der Waals surface area contributed by atoms with Crippen molar-refractivity contribution < 1.29 is 19.1 Å². The Balaban J connectivity index is 1.73. The van der Waals surface area contributed by atoms with Crippen molar-refractivity contribution in [1.29, 1.82) is 0 Å². The molecule has 0 spiro atoms. The van der Waals surface area contributed by atoms with Gasteiger partial charge in [0.2, 0.25) is 0 Å². The smallest absolute Gasteiger partial charge is 0.308 e. The summed E-state index contributed by atoms with van der Waals surface area (Å²) in [6.45, 7) is -0.0583. The topological polar surface area (TPSA) is 76.7 Å². The van der Waals surface area contributed by atoms with Crippen molar-refractivity contribution in [2.24, 2.45) is 0 Å². The number of methoxy groups -OCH3 is 1. The second-order valence-electron chi connectivity index (χ2n) is 5.19. The van der Waals surface area contributed by atoms with Gasteiger partial charge in [-0.05, 0) is 24.3 Å². The Morgan fingerprint density at radius 2 is 1.77 bits per heavy atom. The Morgan fingerprint density at radius 1 is 1.04 bits per heavy atom. The third-order valence-electron chi connectivity index (χ3n) is 3.34. The largest absolute Gasteiger partial charge is 0.495 e. The van der Waals surface area contributed by atoms with Crippen molar-refractivity contribution in [3.8, 4) is 5.75 Å². The highest BCUT2D eigenvalue weighted by Gasteiger charge is 2.11. The molecule has 0 atom stereocenters. The molecule has 6 nitrogen and oxygen atoms in total. The van der Waals surface area contributed by atoms with Gasteiger partial charge in [-0.3, -0.25) is 9.59 Å². The SMILES string of the molecule is COc1ccccc1NCCC(=O)OCC(=O)Nc1cccc(Cl)c1Cl. The van der Waals surface area contributed by atoms with E-state index < -0.39 is 18.5 Å². The Hall–Kier alpha value is -2.44. The lowest BCUT2D eigenvalue weighted by Crippen LogP contribution is -2.22. The van der Waals surface area contributed by atoms with Crippen LogP contribution in [0.5, 0.6) is 5.75 Å². The van der Waals surface area contributed by atoms with Gasteiger partial charge in [-0.25, -0.2) is 0 Å². The zero-order chi connectivity index (χ0) is 18.9. The average molecular weight is 397 g/mol. The first-order valence-corrected chi connectivity index (χ1v) is 8.53. The fourth-order valence-corrected chi connectivity index (χ4v) is 2.44. The monoisotopic (exact) mass is 396 g/mol. The summed E-state index contributed by atoms with van der Waals surface area (Å²) in [6, 6.07) is 12.2. The van der Waals surface area contributed by atoms with Gasteiger partial charge in [-0.15, -0.1) is 0 Å². The molecule has 8 heteroatoms. The van der Waals surface area contributed by atoms with E-state index in [9.17, 15) is 9.59 Å². The maximum Gasteiger partial charge on any atom is 0.308 e. The minimum absolute atomic E-state index is 0.100. The highest BCUT2D eigenvalue weighted by atomic mass is 35.5. The van der Waals surface area contributed by atoms with E-state index in [0.29, 0.717) is 23.0 Å². The molecule has 0 bridgehead atoms. The lowest BCUT2D eigenvalue weighted by Gasteiger charge is -2.11. The van der Waals surface area contributed by atoms with Gasteiger partial charge in [0.15, 0.2) is 6.61 Å². The number of para-hydroxylation sites is 2. The van der Waals surface area contributed by atoms with Crippen molar-refractivity contribution in [2.75, 3.05) is 30.9 Å². The molecule has 0 aromatic heterocycles. The first kappa shape index (κ1) is 19.9. The minimum atomic E-state index is -0.500. The summed E-state index contributed by atoms with van der Waals surface area (Å²) in [4.78, 5) is 23.6. The fourth-order valence-electron chi connectivity index (χ4n) is 2.09. The second-order valence-corrected chi connectivity index (χ2v) is 5.97. The Bertz CT molecular complexity index is 784. The molecule has 26 heavy (non-hydrogen) atoms. The van der Waals surface area contributed by atoms with Crippen molar-refractivity contribution in [3.05, 3.63) is 52.5 Å². The van der Waals surface area contributed by atoms with Crippen molar-refractivity contribution in [1.82, 2.24) is 0 Å². The number of carbonyl (C=O) groups excluding carboxylic acids is 2. The number of hydrogen-bond acceptors (Lipinski definition) is 5. The summed E-state index contributed by atoms with van der Waals surface area (Å²) in [5.41, 5.74) is 1.13. The van der Waals surface area contributed by atoms with Crippen molar-refractivity contribution in [3.63, 3.8) is 0 Å². The number of carbonyl (C=O) groups is 2.